The average molecular weight is 392 g/mol. The average Bonchev–Trinajstić information content (AvgIpc) is 2.73. The minimum atomic E-state index is 0.788. The largest absolute Gasteiger partial charge is 0.373 e. The van der Waals surface area contributed by atoms with Crippen LogP contribution in [0.3, 0.4) is 0 Å². The zero-order chi connectivity index (χ0) is 20.8. The number of aryl methyl sites for hydroxylation is 1. The molecule has 1 saturated heterocycles. The van der Waals surface area contributed by atoms with E-state index in [0.29, 0.717) is 0 Å². The molecule has 2 aromatic carbocycles. The quantitative estimate of drug-likeness (QED) is 0.725. The molecule has 0 aromatic heterocycles. The van der Waals surface area contributed by atoms with E-state index in [0.717, 1.165) is 56.9 Å². The third-order valence-electron chi connectivity index (χ3n) is 5.70. The van der Waals surface area contributed by atoms with Crippen LogP contribution >= 0.6 is 0 Å². The maximum Gasteiger partial charge on any atom is 0.0995 e. The van der Waals surface area contributed by atoms with E-state index in [-0.39, 0.29) is 0 Å². The molecule has 1 aliphatic heterocycles. The topological polar surface area (TPSA) is 36.8 Å². The Kier molecular flexibility index (Phi) is 7.13. The van der Waals surface area contributed by atoms with Crippen molar-refractivity contribution in [3.8, 4) is 6.07 Å². The van der Waals surface area contributed by atoms with Crippen LogP contribution in [-0.2, 0) is 6.54 Å². The van der Waals surface area contributed by atoms with Gasteiger partial charge in [-0.2, -0.15) is 5.26 Å². The summed E-state index contributed by atoms with van der Waals surface area (Å²) in [6.45, 7) is 9.00. The lowest BCUT2D eigenvalue weighted by Crippen LogP contribution is -2.46. The van der Waals surface area contributed by atoms with Crippen LogP contribution in [0.4, 0.5) is 11.4 Å². The molecule has 0 N–H and O–H groups in total. The van der Waals surface area contributed by atoms with Gasteiger partial charge in [-0.15, -0.1) is 0 Å². The maximum absolute atomic E-state index is 9.57. The molecular weight excluding hydrogens is 358 g/mol. The van der Waals surface area contributed by atoms with Crippen LogP contribution in [0.5, 0.6) is 0 Å². The van der Waals surface area contributed by atoms with E-state index in [1.54, 1.807) is 0 Å². The van der Waals surface area contributed by atoms with Gasteiger partial charge in [-0.25, -0.2) is 0 Å². The molecule has 5 nitrogen and oxygen atoms in total. The molecule has 29 heavy (non-hydrogen) atoms. The van der Waals surface area contributed by atoms with E-state index in [1.807, 2.05) is 6.07 Å². The smallest absolute Gasteiger partial charge is 0.0995 e. The SMILES string of the molecule is Cc1ccc(N2CCN(Cc3cc(N(C)CCN(C)C)ccc3C#N)CC2)cc1. The van der Waals surface area contributed by atoms with Crippen LogP contribution in [0.2, 0.25) is 0 Å². The minimum absolute atomic E-state index is 0.788. The molecule has 0 aliphatic carbocycles. The van der Waals surface area contributed by atoms with Gasteiger partial charge in [0.25, 0.3) is 0 Å². The lowest BCUT2D eigenvalue weighted by atomic mass is 10.1. The third-order valence-corrected chi connectivity index (χ3v) is 5.70. The summed E-state index contributed by atoms with van der Waals surface area (Å²) in [6, 6.07) is 17.4. The fraction of sp³-hybridized carbons (Fsp3) is 0.458. The Balaban J connectivity index is 1.63. The van der Waals surface area contributed by atoms with Crippen LogP contribution in [0.25, 0.3) is 0 Å². The van der Waals surface area contributed by atoms with E-state index >= 15 is 0 Å². The summed E-state index contributed by atoms with van der Waals surface area (Å²) < 4.78 is 0. The number of nitrogens with zero attached hydrogens (tertiary/aromatic N) is 5. The predicted octanol–water partition coefficient (Wildman–Crippen LogP) is 3.19. The Morgan fingerprint density at radius 2 is 1.62 bits per heavy atom. The Bertz CT molecular complexity index is 829. The van der Waals surface area contributed by atoms with Crippen LogP contribution < -0.4 is 9.80 Å². The highest BCUT2D eigenvalue weighted by atomic mass is 15.3. The highest BCUT2D eigenvalue weighted by Gasteiger charge is 2.19. The second kappa shape index (κ2) is 9.78. The summed E-state index contributed by atoms with van der Waals surface area (Å²) in [6.07, 6.45) is 0. The molecule has 0 unspecified atom stereocenters. The standard InChI is InChI=1S/C24H33N5/c1-20-5-8-23(9-6-20)29-15-13-28(14-16-29)19-22-17-24(10-7-21(22)18-25)27(4)12-11-26(2)3/h5-10,17H,11-16,19H2,1-4H3. The van der Waals surface area contributed by atoms with Gasteiger partial charge in [0.15, 0.2) is 0 Å². The second-order valence-electron chi connectivity index (χ2n) is 8.28. The van der Waals surface area contributed by atoms with Crippen LogP contribution in [-0.4, -0.2) is 70.2 Å². The Hall–Kier alpha value is -2.55. The molecule has 1 heterocycles. The zero-order valence-electron chi connectivity index (χ0n) is 18.2. The van der Waals surface area contributed by atoms with Gasteiger partial charge in [0.1, 0.15) is 0 Å². The molecular formula is C24H33N5. The molecule has 0 atom stereocenters. The van der Waals surface area contributed by atoms with Gasteiger partial charge < -0.3 is 14.7 Å². The number of hydrogen-bond acceptors (Lipinski definition) is 5. The van der Waals surface area contributed by atoms with E-state index in [1.165, 1.54) is 16.9 Å². The molecule has 0 amide bonds. The van der Waals surface area contributed by atoms with Crippen molar-refractivity contribution in [3.63, 3.8) is 0 Å². The molecule has 0 radical (unpaired) electrons. The van der Waals surface area contributed by atoms with Crippen LogP contribution in [0, 0.1) is 18.3 Å². The summed E-state index contributed by atoms with van der Waals surface area (Å²) >= 11 is 0. The maximum atomic E-state index is 9.57. The lowest BCUT2D eigenvalue weighted by Gasteiger charge is -2.36. The van der Waals surface area contributed by atoms with Crippen molar-refractivity contribution in [2.45, 2.75) is 13.5 Å². The number of piperazine rings is 1. The molecule has 5 heteroatoms. The van der Waals surface area contributed by atoms with Crippen molar-refractivity contribution >= 4 is 11.4 Å². The summed E-state index contributed by atoms with van der Waals surface area (Å²) in [7, 11) is 6.30. The summed E-state index contributed by atoms with van der Waals surface area (Å²) in [5.41, 5.74) is 5.70. The van der Waals surface area contributed by atoms with Gasteiger partial charge in [-0.3, -0.25) is 4.90 Å². The number of benzene rings is 2. The Morgan fingerprint density at radius 1 is 0.931 bits per heavy atom. The fourth-order valence-electron chi connectivity index (χ4n) is 3.70. The van der Waals surface area contributed by atoms with Gasteiger partial charge in [-0.05, 0) is 56.9 Å². The highest BCUT2D eigenvalue weighted by Crippen LogP contribution is 2.22. The van der Waals surface area contributed by atoms with Crippen molar-refractivity contribution in [1.82, 2.24) is 9.80 Å². The van der Waals surface area contributed by atoms with Gasteiger partial charge in [0, 0.05) is 64.2 Å². The normalized spacial score (nSPS) is 14.8. The molecule has 3 rings (SSSR count). The molecule has 1 fully saturated rings. The highest BCUT2D eigenvalue weighted by molar-refractivity contribution is 5.53. The van der Waals surface area contributed by atoms with E-state index in [4.69, 9.17) is 0 Å². The van der Waals surface area contributed by atoms with Crippen LogP contribution in [0.15, 0.2) is 42.5 Å². The second-order valence-corrected chi connectivity index (χ2v) is 8.28. The van der Waals surface area contributed by atoms with E-state index in [2.05, 4.69) is 90.1 Å². The Morgan fingerprint density at radius 3 is 2.24 bits per heavy atom. The third kappa shape index (κ3) is 5.72. The first-order chi connectivity index (χ1) is 14.0. The fourth-order valence-corrected chi connectivity index (χ4v) is 3.70. The van der Waals surface area contributed by atoms with Crippen molar-refractivity contribution in [2.24, 2.45) is 0 Å². The van der Waals surface area contributed by atoms with Crippen molar-refractivity contribution in [3.05, 3.63) is 59.2 Å². The summed E-state index contributed by atoms with van der Waals surface area (Å²) in [5, 5.41) is 9.57. The summed E-state index contributed by atoms with van der Waals surface area (Å²) in [4.78, 5) is 9.37. The monoisotopic (exact) mass is 391 g/mol. The van der Waals surface area contributed by atoms with E-state index < -0.39 is 0 Å². The first-order valence-corrected chi connectivity index (χ1v) is 10.4. The van der Waals surface area contributed by atoms with E-state index in [9.17, 15) is 5.26 Å². The molecule has 0 spiro atoms. The van der Waals surface area contributed by atoms with Crippen molar-refractivity contribution < 1.29 is 0 Å². The molecule has 154 valence electrons. The molecule has 0 saturated carbocycles. The van der Waals surface area contributed by atoms with Crippen LogP contribution in [0.1, 0.15) is 16.7 Å². The van der Waals surface area contributed by atoms with Gasteiger partial charge in [0.2, 0.25) is 0 Å². The summed E-state index contributed by atoms with van der Waals surface area (Å²) in [5.74, 6) is 0. The zero-order valence-corrected chi connectivity index (χ0v) is 18.2. The van der Waals surface area contributed by atoms with Crippen molar-refractivity contribution in [2.75, 3.05) is 70.2 Å². The van der Waals surface area contributed by atoms with Gasteiger partial charge in [0.05, 0.1) is 11.6 Å². The minimum Gasteiger partial charge on any atom is -0.373 e. The van der Waals surface area contributed by atoms with Gasteiger partial charge >= 0.3 is 0 Å². The number of rotatable bonds is 7. The van der Waals surface area contributed by atoms with Crippen molar-refractivity contribution in [1.29, 1.82) is 5.26 Å². The first kappa shape index (κ1) is 21.2. The Labute approximate surface area is 175 Å². The number of hydrogen-bond donors (Lipinski definition) is 0. The molecule has 0 bridgehead atoms. The number of nitriles is 1. The van der Waals surface area contributed by atoms with Gasteiger partial charge in [-0.1, -0.05) is 17.7 Å². The lowest BCUT2D eigenvalue weighted by molar-refractivity contribution is 0.249. The predicted molar refractivity (Wildman–Crippen MR) is 122 cm³/mol. The first-order valence-electron chi connectivity index (χ1n) is 10.4. The molecule has 2 aromatic rings. The number of likely N-dealkylation sites (N-methyl/N-ethyl adjacent to an activating group) is 2. The molecule has 1 aliphatic rings. The number of anilines is 2.